The number of nitrogens with one attached hydrogen (secondary N) is 1. The van der Waals surface area contributed by atoms with Crippen molar-refractivity contribution in [3.8, 4) is 0 Å². The monoisotopic (exact) mass is 282 g/mol. The lowest BCUT2D eigenvalue weighted by atomic mass is 10.2. The first-order valence-electron chi connectivity index (χ1n) is 5.45. The van der Waals surface area contributed by atoms with Crippen LogP contribution in [0.2, 0.25) is 5.02 Å². The van der Waals surface area contributed by atoms with E-state index in [9.17, 15) is 9.18 Å². The van der Waals surface area contributed by atoms with E-state index in [0.29, 0.717) is 17.2 Å². The molecule has 2 aromatic rings. The lowest BCUT2D eigenvalue weighted by Gasteiger charge is -2.07. The molecule has 0 saturated carbocycles. The van der Waals surface area contributed by atoms with E-state index in [1.165, 1.54) is 16.8 Å². The van der Waals surface area contributed by atoms with Gasteiger partial charge >= 0.3 is 0 Å². The van der Waals surface area contributed by atoms with Gasteiger partial charge in [0.2, 0.25) is 0 Å². The number of nitrogens with zero attached hydrogens (tertiary/aromatic N) is 2. The van der Waals surface area contributed by atoms with Gasteiger partial charge in [-0.3, -0.25) is 9.48 Å². The molecule has 0 saturated heterocycles. The predicted octanol–water partition coefficient (Wildman–Crippen LogP) is 2.36. The molecule has 5 nitrogen and oxygen atoms in total. The van der Waals surface area contributed by atoms with Gasteiger partial charge in [0.15, 0.2) is 5.82 Å². The number of nitrogens with two attached hydrogens (primary N) is 1. The summed E-state index contributed by atoms with van der Waals surface area (Å²) in [6.45, 7) is 1.72. The highest BCUT2D eigenvalue weighted by atomic mass is 35.5. The summed E-state index contributed by atoms with van der Waals surface area (Å²) in [6.07, 6.45) is 0. The highest BCUT2D eigenvalue weighted by Gasteiger charge is 2.17. The van der Waals surface area contributed by atoms with Crippen LogP contribution in [0.4, 0.5) is 15.9 Å². The van der Waals surface area contributed by atoms with Crippen LogP contribution < -0.4 is 11.1 Å². The number of carbonyl (C=O) groups excluding carboxylic acids is 1. The fraction of sp³-hybridized carbons (Fsp3) is 0.167. The Hall–Kier alpha value is -2.08. The van der Waals surface area contributed by atoms with Gasteiger partial charge < -0.3 is 11.1 Å². The van der Waals surface area contributed by atoms with Crippen LogP contribution >= 0.6 is 11.6 Å². The molecule has 0 unspecified atom stereocenters. The number of nitrogen functional groups attached to an aromatic ring is 1. The molecule has 0 aliphatic rings. The second-order valence-corrected chi connectivity index (χ2v) is 4.49. The van der Waals surface area contributed by atoms with Crippen molar-refractivity contribution >= 4 is 29.0 Å². The van der Waals surface area contributed by atoms with Crippen LogP contribution in [0.25, 0.3) is 0 Å². The molecule has 0 spiro atoms. The molecule has 1 aromatic heterocycles. The average molecular weight is 283 g/mol. The van der Waals surface area contributed by atoms with Crippen molar-refractivity contribution in [2.75, 3.05) is 11.1 Å². The molecule has 1 heterocycles. The minimum Gasteiger partial charge on any atom is -0.394 e. The maximum absolute atomic E-state index is 13.6. The number of aromatic nitrogens is 2. The zero-order chi connectivity index (χ0) is 14.2. The Balaban J connectivity index is 2.31. The summed E-state index contributed by atoms with van der Waals surface area (Å²) in [4.78, 5) is 12.0. The molecule has 100 valence electrons. The molecule has 0 radical (unpaired) electrons. The quantitative estimate of drug-likeness (QED) is 0.888. The summed E-state index contributed by atoms with van der Waals surface area (Å²) in [7, 11) is 1.64. The second kappa shape index (κ2) is 4.89. The number of rotatable bonds is 2. The molecule has 0 fully saturated rings. The molecule has 1 aromatic carbocycles. The first-order valence-corrected chi connectivity index (χ1v) is 5.83. The first-order chi connectivity index (χ1) is 8.90. The maximum atomic E-state index is 13.6. The third-order valence-electron chi connectivity index (χ3n) is 2.68. The van der Waals surface area contributed by atoms with Crippen LogP contribution in [0.3, 0.4) is 0 Å². The van der Waals surface area contributed by atoms with E-state index in [0.717, 1.165) is 6.07 Å². The number of aryl methyl sites for hydroxylation is 2. The predicted molar refractivity (Wildman–Crippen MR) is 71.7 cm³/mol. The van der Waals surface area contributed by atoms with Crippen LogP contribution in [0.1, 0.15) is 16.1 Å². The van der Waals surface area contributed by atoms with E-state index in [1.807, 2.05) is 0 Å². The van der Waals surface area contributed by atoms with Crippen molar-refractivity contribution in [1.82, 2.24) is 9.78 Å². The third kappa shape index (κ3) is 2.53. The average Bonchev–Trinajstić information content (AvgIpc) is 2.56. The molecule has 1 amide bonds. The fourth-order valence-corrected chi connectivity index (χ4v) is 1.83. The minimum absolute atomic E-state index is 0.109. The summed E-state index contributed by atoms with van der Waals surface area (Å²) >= 11 is 5.63. The Labute approximate surface area is 114 Å². The molecule has 0 atom stereocenters. The topological polar surface area (TPSA) is 72.9 Å². The second-order valence-electron chi connectivity index (χ2n) is 4.05. The summed E-state index contributed by atoms with van der Waals surface area (Å²) in [5, 5.41) is 6.81. The number of halogens is 2. The number of hydrogen-bond donors (Lipinski definition) is 2. The van der Waals surface area contributed by atoms with E-state index in [2.05, 4.69) is 10.4 Å². The van der Waals surface area contributed by atoms with Crippen molar-refractivity contribution in [3.05, 3.63) is 40.3 Å². The highest BCUT2D eigenvalue weighted by Crippen LogP contribution is 2.22. The fourth-order valence-electron chi connectivity index (χ4n) is 1.67. The lowest BCUT2D eigenvalue weighted by molar-refractivity contribution is 0.102. The SMILES string of the molecule is Cc1nn(C)c(NC(=O)c2ccc(Cl)cc2F)c1N. The van der Waals surface area contributed by atoms with E-state index in [4.69, 9.17) is 17.3 Å². The largest absolute Gasteiger partial charge is 0.394 e. The summed E-state index contributed by atoms with van der Waals surface area (Å²) in [5.41, 5.74) is 6.61. The van der Waals surface area contributed by atoms with Gasteiger partial charge in [0.1, 0.15) is 5.82 Å². The van der Waals surface area contributed by atoms with Crippen LogP contribution in [-0.2, 0) is 7.05 Å². The van der Waals surface area contributed by atoms with Crippen LogP contribution in [0, 0.1) is 12.7 Å². The van der Waals surface area contributed by atoms with E-state index in [-0.39, 0.29) is 10.6 Å². The molecule has 0 bridgehead atoms. The highest BCUT2D eigenvalue weighted by molar-refractivity contribution is 6.30. The van der Waals surface area contributed by atoms with Gasteiger partial charge in [-0.1, -0.05) is 11.6 Å². The molecular formula is C12H12ClFN4O. The van der Waals surface area contributed by atoms with Crippen molar-refractivity contribution in [2.24, 2.45) is 7.05 Å². The maximum Gasteiger partial charge on any atom is 0.259 e. The zero-order valence-electron chi connectivity index (χ0n) is 10.4. The smallest absolute Gasteiger partial charge is 0.259 e. The van der Waals surface area contributed by atoms with Crippen LogP contribution in [0.5, 0.6) is 0 Å². The Bertz CT molecular complexity index is 653. The minimum atomic E-state index is -0.692. The summed E-state index contributed by atoms with van der Waals surface area (Å²) < 4.78 is 15.0. The van der Waals surface area contributed by atoms with Crippen molar-refractivity contribution in [3.63, 3.8) is 0 Å². The summed E-state index contributed by atoms with van der Waals surface area (Å²) in [6, 6.07) is 3.83. The summed E-state index contributed by atoms with van der Waals surface area (Å²) in [5.74, 6) is -0.969. The van der Waals surface area contributed by atoms with Crippen molar-refractivity contribution in [1.29, 1.82) is 0 Å². The number of hydrogen-bond acceptors (Lipinski definition) is 3. The van der Waals surface area contributed by atoms with Gasteiger partial charge in [0.05, 0.1) is 16.9 Å². The van der Waals surface area contributed by atoms with E-state index < -0.39 is 11.7 Å². The number of amides is 1. The Morgan fingerprint density at radius 1 is 1.53 bits per heavy atom. The van der Waals surface area contributed by atoms with Crippen molar-refractivity contribution in [2.45, 2.75) is 6.92 Å². The van der Waals surface area contributed by atoms with Gasteiger partial charge in [-0.15, -0.1) is 0 Å². The molecule has 0 aliphatic heterocycles. The molecule has 0 aliphatic carbocycles. The zero-order valence-corrected chi connectivity index (χ0v) is 11.1. The Kier molecular flexibility index (Phi) is 3.44. The van der Waals surface area contributed by atoms with Crippen molar-refractivity contribution < 1.29 is 9.18 Å². The molecule has 3 N–H and O–H groups in total. The number of benzene rings is 1. The van der Waals surface area contributed by atoms with Crippen LogP contribution in [-0.4, -0.2) is 15.7 Å². The standard InChI is InChI=1S/C12H12ClFN4O/c1-6-10(15)11(18(2)17-6)16-12(19)8-4-3-7(13)5-9(8)14/h3-5H,15H2,1-2H3,(H,16,19). The Morgan fingerprint density at radius 2 is 2.21 bits per heavy atom. The molecule has 2 rings (SSSR count). The lowest BCUT2D eigenvalue weighted by Crippen LogP contribution is -2.17. The number of anilines is 2. The molecular weight excluding hydrogens is 271 g/mol. The van der Waals surface area contributed by atoms with Gasteiger partial charge in [-0.2, -0.15) is 5.10 Å². The van der Waals surface area contributed by atoms with Gasteiger partial charge in [-0.25, -0.2) is 4.39 Å². The van der Waals surface area contributed by atoms with Gasteiger partial charge in [-0.05, 0) is 25.1 Å². The van der Waals surface area contributed by atoms with E-state index >= 15 is 0 Å². The number of carbonyl (C=O) groups is 1. The van der Waals surface area contributed by atoms with Gasteiger partial charge in [0.25, 0.3) is 5.91 Å². The van der Waals surface area contributed by atoms with Gasteiger partial charge in [0, 0.05) is 12.1 Å². The Morgan fingerprint density at radius 3 is 2.74 bits per heavy atom. The molecule has 19 heavy (non-hydrogen) atoms. The molecule has 7 heteroatoms. The van der Waals surface area contributed by atoms with E-state index in [1.54, 1.807) is 14.0 Å². The van der Waals surface area contributed by atoms with Crippen LogP contribution in [0.15, 0.2) is 18.2 Å². The third-order valence-corrected chi connectivity index (χ3v) is 2.91. The first kappa shape index (κ1) is 13.4. The normalized spacial score (nSPS) is 10.5.